The predicted octanol–water partition coefficient (Wildman–Crippen LogP) is 2.42. The Labute approximate surface area is 96.6 Å². The van der Waals surface area contributed by atoms with Gasteiger partial charge in [-0.25, -0.2) is 0 Å². The van der Waals surface area contributed by atoms with Crippen LogP contribution in [-0.4, -0.2) is 19.8 Å². The topological polar surface area (TPSA) is 42.2 Å². The van der Waals surface area contributed by atoms with E-state index in [1.807, 2.05) is 32.0 Å². The summed E-state index contributed by atoms with van der Waals surface area (Å²) in [5.41, 5.74) is 2.89. The molecule has 0 aliphatic rings. The summed E-state index contributed by atoms with van der Waals surface area (Å²) in [5, 5.41) is 8.74. The first-order valence-corrected chi connectivity index (χ1v) is 5.27. The van der Waals surface area contributed by atoms with Crippen molar-refractivity contribution in [1.29, 1.82) is 5.26 Å². The van der Waals surface area contributed by atoms with Crippen molar-refractivity contribution >= 4 is 0 Å². The number of benzene rings is 1. The highest BCUT2D eigenvalue weighted by Gasteiger charge is 2.04. The zero-order valence-corrected chi connectivity index (χ0v) is 9.99. The number of nitrogens with zero attached hydrogens (tertiary/aromatic N) is 1. The highest BCUT2D eigenvalue weighted by atomic mass is 16.5. The molecular weight excluding hydrogens is 202 g/mol. The Hall–Kier alpha value is -1.37. The lowest BCUT2D eigenvalue weighted by Crippen LogP contribution is -2.14. The average molecular weight is 219 g/mol. The van der Waals surface area contributed by atoms with E-state index in [2.05, 4.69) is 6.07 Å². The minimum Gasteiger partial charge on any atom is -0.382 e. The van der Waals surface area contributed by atoms with Crippen LogP contribution in [-0.2, 0) is 16.1 Å². The van der Waals surface area contributed by atoms with Gasteiger partial charge in [0.25, 0.3) is 0 Å². The SMILES string of the molecule is COCC(C)OCc1ccc(C#N)cc1C. The largest absolute Gasteiger partial charge is 0.382 e. The minimum atomic E-state index is 0.0834. The van der Waals surface area contributed by atoms with Crippen LogP contribution in [0, 0.1) is 18.3 Å². The van der Waals surface area contributed by atoms with Gasteiger partial charge in [0.2, 0.25) is 0 Å². The standard InChI is InChI=1S/C13H17NO2/c1-10-6-12(7-14)4-5-13(10)9-16-11(2)8-15-3/h4-6,11H,8-9H2,1-3H3. The lowest BCUT2D eigenvalue weighted by molar-refractivity contribution is -0.000296. The number of ether oxygens (including phenoxy) is 2. The van der Waals surface area contributed by atoms with E-state index in [1.165, 1.54) is 0 Å². The fraction of sp³-hybridized carbons (Fsp3) is 0.462. The van der Waals surface area contributed by atoms with Crippen LogP contribution in [0.2, 0.25) is 0 Å². The Balaban J connectivity index is 2.58. The number of nitriles is 1. The quantitative estimate of drug-likeness (QED) is 0.763. The van der Waals surface area contributed by atoms with Gasteiger partial charge in [-0.1, -0.05) is 6.07 Å². The predicted molar refractivity (Wildman–Crippen MR) is 62.0 cm³/mol. The molecule has 3 heteroatoms. The van der Waals surface area contributed by atoms with Gasteiger partial charge < -0.3 is 9.47 Å². The second-order valence-electron chi connectivity index (χ2n) is 3.83. The Morgan fingerprint density at radius 1 is 1.44 bits per heavy atom. The van der Waals surface area contributed by atoms with E-state index in [-0.39, 0.29) is 6.10 Å². The highest BCUT2D eigenvalue weighted by Crippen LogP contribution is 2.12. The maximum Gasteiger partial charge on any atom is 0.0991 e. The van der Waals surface area contributed by atoms with Crippen LogP contribution in [0.3, 0.4) is 0 Å². The fourth-order valence-electron chi connectivity index (χ4n) is 1.44. The normalized spacial score (nSPS) is 12.1. The van der Waals surface area contributed by atoms with Crippen LogP contribution in [0.1, 0.15) is 23.6 Å². The number of rotatable bonds is 5. The summed E-state index contributed by atoms with van der Waals surface area (Å²) in [4.78, 5) is 0. The summed E-state index contributed by atoms with van der Waals surface area (Å²) in [7, 11) is 1.66. The number of hydrogen-bond acceptors (Lipinski definition) is 3. The second-order valence-corrected chi connectivity index (χ2v) is 3.83. The summed E-state index contributed by atoms with van der Waals surface area (Å²) in [6.07, 6.45) is 0.0834. The smallest absolute Gasteiger partial charge is 0.0991 e. The molecule has 16 heavy (non-hydrogen) atoms. The van der Waals surface area contributed by atoms with E-state index in [9.17, 15) is 0 Å². The molecular formula is C13H17NO2. The van der Waals surface area contributed by atoms with Gasteiger partial charge in [-0.05, 0) is 37.1 Å². The molecule has 0 bridgehead atoms. The van der Waals surface area contributed by atoms with Crippen LogP contribution >= 0.6 is 0 Å². The first kappa shape index (κ1) is 12.7. The monoisotopic (exact) mass is 219 g/mol. The van der Waals surface area contributed by atoms with Crippen molar-refractivity contribution in [1.82, 2.24) is 0 Å². The lowest BCUT2D eigenvalue weighted by Gasteiger charge is -2.13. The molecule has 1 rings (SSSR count). The first-order valence-electron chi connectivity index (χ1n) is 5.27. The van der Waals surface area contributed by atoms with Gasteiger partial charge in [-0.15, -0.1) is 0 Å². The Morgan fingerprint density at radius 2 is 2.19 bits per heavy atom. The van der Waals surface area contributed by atoms with Gasteiger partial charge in [0.05, 0.1) is 31.0 Å². The van der Waals surface area contributed by atoms with E-state index in [0.717, 1.165) is 11.1 Å². The number of hydrogen-bond donors (Lipinski definition) is 0. The second kappa shape index (κ2) is 6.26. The van der Waals surface area contributed by atoms with Gasteiger partial charge in [0.15, 0.2) is 0 Å². The third kappa shape index (κ3) is 3.65. The molecule has 0 radical (unpaired) electrons. The molecule has 0 heterocycles. The highest BCUT2D eigenvalue weighted by molar-refractivity contribution is 5.37. The van der Waals surface area contributed by atoms with E-state index in [1.54, 1.807) is 7.11 Å². The van der Waals surface area contributed by atoms with Gasteiger partial charge in [-0.2, -0.15) is 5.26 Å². The minimum absolute atomic E-state index is 0.0834. The number of methoxy groups -OCH3 is 1. The van der Waals surface area contributed by atoms with Gasteiger partial charge >= 0.3 is 0 Å². The average Bonchev–Trinajstić information content (AvgIpc) is 2.27. The molecule has 0 fully saturated rings. The van der Waals surface area contributed by atoms with E-state index < -0.39 is 0 Å². The third-order valence-corrected chi connectivity index (χ3v) is 2.40. The first-order chi connectivity index (χ1) is 7.67. The molecule has 0 spiro atoms. The van der Waals surface area contributed by atoms with Crippen LogP contribution in [0.25, 0.3) is 0 Å². The fourth-order valence-corrected chi connectivity index (χ4v) is 1.44. The molecule has 0 N–H and O–H groups in total. The molecule has 1 aromatic carbocycles. The summed E-state index contributed by atoms with van der Waals surface area (Å²) in [6, 6.07) is 7.74. The molecule has 0 amide bonds. The molecule has 1 aromatic rings. The maximum absolute atomic E-state index is 8.74. The zero-order chi connectivity index (χ0) is 12.0. The molecule has 86 valence electrons. The molecule has 1 unspecified atom stereocenters. The number of aryl methyl sites for hydroxylation is 1. The van der Waals surface area contributed by atoms with E-state index in [4.69, 9.17) is 14.7 Å². The van der Waals surface area contributed by atoms with Crippen molar-refractivity contribution in [2.45, 2.75) is 26.6 Å². The van der Waals surface area contributed by atoms with Crippen LogP contribution in [0.4, 0.5) is 0 Å². The lowest BCUT2D eigenvalue weighted by atomic mass is 10.1. The molecule has 0 aliphatic carbocycles. The van der Waals surface area contributed by atoms with Crippen molar-refractivity contribution in [3.63, 3.8) is 0 Å². The van der Waals surface area contributed by atoms with Crippen molar-refractivity contribution in [2.75, 3.05) is 13.7 Å². The van der Waals surface area contributed by atoms with Crippen LogP contribution in [0.15, 0.2) is 18.2 Å². The molecule has 1 atom stereocenters. The summed E-state index contributed by atoms with van der Waals surface area (Å²) in [6.45, 7) is 5.11. The maximum atomic E-state index is 8.74. The summed E-state index contributed by atoms with van der Waals surface area (Å²) in [5.74, 6) is 0. The molecule has 0 aromatic heterocycles. The third-order valence-electron chi connectivity index (χ3n) is 2.40. The molecule has 0 saturated carbocycles. The molecule has 0 aliphatic heterocycles. The van der Waals surface area contributed by atoms with E-state index >= 15 is 0 Å². The zero-order valence-electron chi connectivity index (χ0n) is 9.99. The Morgan fingerprint density at radius 3 is 2.75 bits per heavy atom. The van der Waals surface area contributed by atoms with Gasteiger partial charge in [-0.3, -0.25) is 0 Å². The Kier molecular flexibility index (Phi) is 4.97. The van der Waals surface area contributed by atoms with Crippen LogP contribution < -0.4 is 0 Å². The Bertz CT molecular complexity index is 382. The van der Waals surface area contributed by atoms with Crippen LogP contribution in [0.5, 0.6) is 0 Å². The summed E-state index contributed by atoms with van der Waals surface area (Å²) >= 11 is 0. The van der Waals surface area contributed by atoms with Gasteiger partial charge in [0.1, 0.15) is 0 Å². The molecule has 0 saturated heterocycles. The van der Waals surface area contributed by atoms with Crippen molar-refractivity contribution in [3.8, 4) is 6.07 Å². The van der Waals surface area contributed by atoms with E-state index in [0.29, 0.717) is 18.8 Å². The van der Waals surface area contributed by atoms with Crippen molar-refractivity contribution in [2.24, 2.45) is 0 Å². The van der Waals surface area contributed by atoms with Gasteiger partial charge in [0, 0.05) is 7.11 Å². The summed E-state index contributed by atoms with van der Waals surface area (Å²) < 4.78 is 10.6. The van der Waals surface area contributed by atoms with Crippen molar-refractivity contribution in [3.05, 3.63) is 34.9 Å². The van der Waals surface area contributed by atoms with Crippen molar-refractivity contribution < 1.29 is 9.47 Å². The molecule has 3 nitrogen and oxygen atoms in total.